The van der Waals surface area contributed by atoms with Crippen LogP contribution in [0.2, 0.25) is 0 Å². The van der Waals surface area contributed by atoms with Crippen LogP contribution < -0.4 is 0 Å². The van der Waals surface area contributed by atoms with E-state index in [1.165, 1.54) is 33.4 Å². The molecule has 2 aromatic rings. The highest BCUT2D eigenvalue weighted by Gasteiger charge is 2.19. The maximum absolute atomic E-state index is 2.34. The molecule has 0 unspecified atom stereocenters. The fourth-order valence-corrected chi connectivity index (χ4v) is 3.09. The van der Waals surface area contributed by atoms with Crippen LogP contribution in [0.15, 0.2) is 78.4 Å². The standard InChI is InChI=1S/C20H16/c1-3-7-15(8-4-1)16-11-12-18-13-17-9-5-2-6-10-19(17)20(18)14-16/h1,3-12,14H,2,13H2. The Balaban J connectivity index is 1.85. The molecule has 0 spiro atoms. The van der Waals surface area contributed by atoms with E-state index in [1.807, 2.05) is 0 Å². The van der Waals surface area contributed by atoms with E-state index in [9.17, 15) is 0 Å². The summed E-state index contributed by atoms with van der Waals surface area (Å²) in [6.07, 6.45) is 11.2. The first-order valence-electron chi connectivity index (χ1n) is 7.17. The molecule has 0 amide bonds. The van der Waals surface area contributed by atoms with Gasteiger partial charge in [-0.3, -0.25) is 0 Å². The number of hydrogen-bond donors (Lipinski definition) is 0. The van der Waals surface area contributed by atoms with Crippen molar-refractivity contribution < 1.29 is 0 Å². The fourth-order valence-electron chi connectivity index (χ4n) is 3.09. The molecular formula is C20H16. The molecule has 0 nitrogen and oxygen atoms in total. The number of hydrogen-bond acceptors (Lipinski definition) is 0. The molecule has 20 heavy (non-hydrogen) atoms. The van der Waals surface area contributed by atoms with Crippen molar-refractivity contribution in [1.82, 2.24) is 0 Å². The van der Waals surface area contributed by atoms with E-state index in [0.29, 0.717) is 0 Å². The zero-order valence-electron chi connectivity index (χ0n) is 11.3. The van der Waals surface area contributed by atoms with E-state index in [4.69, 9.17) is 0 Å². The minimum absolute atomic E-state index is 1.04. The van der Waals surface area contributed by atoms with Gasteiger partial charge in [0.25, 0.3) is 0 Å². The summed E-state index contributed by atoms with van der Waals surface area (Å²) in [7, 11) is 0. The molecule has 2 aliphatic rings. The van der Waals surface area contributed by atoms with Crippen LogP contribution >= 0.6 is 0 Å². The summed E-state index contributed by atoms with van der Waals surface area (Å²) in [5, 5.41) is 0. The SMILES string of the molecule is C1=CC2=C(C=CC1)c1cc(-c3ccccc3)ccc1C2. The Hall–Kier alpha value is -2.34. The van der Waals surface area contributed by atoms with Crippen molar-refractivity contribution in [3.63, 3.8) is 0 Å². The van der Waals surface area contributed by atoms with Gasteiger partial charge in [0.05, 0.1) is 0 Å². The zero-order valence-corrected chi connectivity index (χ0v) is 11.3. The normalized spacial score (nSPS) is 16.0. The summed E-state index contributed by atoms with van der Waals surface area (Å²) in [4.78, 5) is 0. The van der Waals surface area contributed by atoms with Crippen LogP contribution in [0.4, 0.5) is 0 Å². The predicted octanol–water partition coefficient (Wildman–Crippen LogP) is 5.18. The summed E-state index contributed by atoms with van der Waals surface area (Å²) in [6.45, 7) is 0. The van der Waals surface area contributed by atoms with Gasteiger partial charge in [0.2, 0.25) is 0 Å². The molecule has 0 fully saturated rings. The van der Waals surface area contributed by atoms with Crippen LogP contribution in [-0.2, 0) is 6.42 Å². The fraction of sp³-hybridized carbons (Fsp3) is 0.100. The highest BCUT2D eigenvalue weighted by atomic mass is 14.2. The Morgan fingerprint density at radius 2 is 1.60 bits per heavy atom. The van der Waals surface area contributed by atoms with E-state index in [2.05, 4.69) is 72.8 Å². The van der Waals surface area contributed by atoms with Crippen LogP contribution in [0.25, 0.3) is 16.7 Å². The van der Waals surface area contributed by atoms with Crippen molar-refractivity contribution in [2.75, 3.05) is 0 Å². The topological polar surface area (TPSA) is 0 Å². The molecule has 2 aliphatic carbocycles. The van der Waals surface area contributed by atoms with E-state index >= 15 is 0 Å². The lowest BCUT2D eigenvalue weighted by molar-refractivity contribution is 1.24. The van der Waals surface area contributed by atoms with E-state index in [0.717, 1.165) is 12.8 Å². The molecule has 4 rings (SSSR count). The van der Waals surface area contributed by atoms with Crippen LogP contribution in [0, 0.1) is 0 Å². The molecule has 0 aromatic heterocycles. The first-order valence-corrected chi connectivity index (χ1v) is 7.17. The van der Waals surface area contributed by atoms with Crippen LogP contribution in [-0.4, -0.2) is 0 Å². The molecule has 0 radical (unpaired) electrons. The van der Waals surface area contributed by atoms with Gasteiger partial charge in [-0.1, -0.05) is 66.8 Å². The van der Waals surface area contributed by atoms with Gasteiger partial charge in [0, 0.05) is 0 Å². The van der Waals surface area contributed by atoms with Gasteiger partial charge in [-0.2, -0.15) is 0 Å². The van der Waals surface area contributed by atoms with Crippen molar-refractivity contribution in [3.05, 3.63) is 89.5 Å². The first-order chi connectivity index (χ1) is 9.92. The quantitative estimate of drug-likeness (QED) is 0.659. The molecule has 0 atom stereocenters. The van der Waals surface area contributed by atoms with Crippen molar-refractivity contribution in [2.45, 2.75) is 12.8 Å². The molecule has 0 saturated carbocycles. The third kappa shape index (κ3) is 1.85. The van der Waals surface area contributed by atoms with Crippen molar-refractivity contribution in [2.24, 2.45) is 0 Å². The summed E-state index contributed by atoms with van der Waals surface area (Å²) < 4.78 is 0. The van der Waals surface area contributed by atoms with E-state index in [-0.39, 0.29) is 0 Å². The maximum atomic E-state index is 2.34. The van der Waals surface area contributed by atoms with Gasteiger partial charge >= 0.3 is 0 Å². The van der Waals surface area contributed by atoms with Crippen LogP contribution in [0.5, 0.6) is 0 Å². The molecule has 0 heteroatoms. The van der Waals surface area contributed by atoms with Crippen LogP contribution in [0.1, 0.15) is 17.5 Å². The Kier molecular flexibility index (Phi) is 2.67. The number of allylic oxidation sites excluding steroid dienone is 6. The van der Waals surface area contributed by atoms with Crippen LogP contribution in [0.3, 0.4) is 0 Å². The third-order valence-corrected chi connectivity index (χ3v) is 4.11. The minimum Gasteiger partial charge on any atom is -0.0804 e. The lowest BCUT2D eigenvalue weighted by Gasteiger charge is -2.07. The van der Waals surface area contributed by atoms with Crippen molar-refractivity contribution in [3.8, 4) is 11.1 Å². The summed E-state index contributed by atoms with van der Waals surface area (Å²) in [5.41, 5.74) is 8.32. The van der Waals surface area contributed by atoms with Crippen molar-refractivity contribution >= 4 is 5.57 Å². The highest BCUT2D eigenvalue weighted by Crippen LogP contribution is 2.37. The number of rotatable bonds is 1. The van der Waals surface area contributed by atoms with Gasteiger partial charge < -0.3 is 0 Å². The Labute approximate surface area is 119 Å². The van der Waals surface area contributed by atoms with Gasteiger partial charge in [-0.05, 0) is 52.3 Å². The average Bonchev–Trinajstić information content (AvgIpc) is 2.69. The monoisotopic (exact) mass is 256 g/mol. The summed E-state index contributed by atoms with van der Waals surface area (Å²) in [5.74, 6) is 0. The smallest absolute Gasteiger partial charge is 0.00136 e. The molecule has 0 heterocycles. The molecule has 0 bridgehead atoms. The second-order valence-corrected chi connectivity index (χ2v) is 5.39. The maximum Gasteiger partial charge on any atom is -0.00136 e. The summed E-state index contributed by atoms with van der Waals surface area (Å²) >= 11 is 0. The first kappa shape index (κ1) is 11.5. The highest BCUT2D eigenvalue weighted by molar-refractivity contribution is 5.87. The molecular weight excluding hydrogens is 240 g/mol. The minimum atomic E-state index is 1.04. The molecule has 96 valence electrons. The summed E-state index contributed by atoms with van der Waals surface area (Å²) in [6, 6.07) is 17.5. The molecule has 0 N–H and O–H groups in total. The molecule has 0 saturated heterocycles. The van der Waals surface area contributed by atoms with Crippen molar-refractivity contribution in [1.29, 1.82) is 0 Å². The largest absolute Gasteiger partial charge is 0.0804 e. The van der Waals surface area contributed by atoms with Gasteiger partial charge in [-0.25, -0.2) is 0 Å². The molecule has 0 aliphatic heterocycles. The van der Waals surface area contributed by atoms with Gasteiger partial charge in [0.15, 0.2) is 0 Å². The Morgan fingerprint density at radius 1 is 0.750 bits per heavy atom. The third-order valence-electron chi connectivity index (χ3n) is 4.11. The van der Waals surface area contributed by atoms with E-state index in [1.54, 1.807) is 0 Å². The zero-order chi connectivity index (χ0) is 13.4. The van der Waals surface area contributed by atoms with Gasteiger partial charge in [-0.15, -0.1) is 0 Å². The Bertz CT molecular complexity index is 743. The number of fused-ring (bicyclic) bond motifs is 2. The lowest BCUT2D eigenvalue weighted by atomic mass is 9.98. The second-order valence-electron chi connectivity index (χ2n) is 5.39. The van der Waals surface area contributed by atoms with E-state index < -0.39 is 0 Å². The average molecular weight is 256 g/mol. The predicted molar refractivity (Wildman–Crippen MR) is 85.4 cm³/mol. The Morgan fingerprint density at radius 3 is 2.50 bits per heavy atom. The van der Waals surface area contributed by atoms with Gasteiger partial charge in [0.1, 0.15) is 0 Å². The lowest BCUT2D eigenvalue weighted by Crippen LogP contribution is -1.86. The molecule has 2 aromatic carbocycles. The number of benzene rings is 2. The second kappa shape index (κ2) is 4.64.